The van der Waals surface area contributed by atoms with E-state index in [2.05, 4.69) is 35.7 Å². The number of aromatic nitrogens is 2. The van der Waals surface area contributed by atoms with Gasteiger partial charge in [0.1, 0.15) is 11.4 Å². The number of fused-ring (bicyclic) bond motifs is 2. The van der Waals surface area contributed by atoms with E-state index in [9.17, 15) is 4.79 Å². The van der Waals surface area contributed by atoms with Gasteiger partial charge in [-0.2, -0.15) is 0 Å². The zero-order valence-corrected chi connectivity index (χ0v) is 15.1. The maximum absolute atomic E-state index is 12.0. The van der Waals surface area contributed by atoms with Gasteiger partial charge < -0.3 is 0 Å². The summed E-state index contributed by atoms with van der Waals surface area (Å²) < 4.78 is 1.99. The lowest BCUT2D eigenvalue weighted by molar-refractivity contribution is 0.111. The number of hydrogen-bond acceptors (Lipinski definition) is 3. The fourth-order valence-electron chi connectivity index (χ4n) is 3.89. The molecule has 4 aromatic rings. The Balaban J connectivity index is 1.70. The number of nitrogens with zero attached hydrogens (tertiary/aromatic N) is 2. The maximum Gasteiger partial charge on any atom is 0.195 e. The zero-order chi connectivity index (χ0) is 17.5. The van der Waals surface area contributed by atoms with Gasteiger partial charge in [-0.15, -0.1) is 11.3 Å². The molecule has 0 N–H and O–H groups in total. The summed E-state index contributed by atoms with van der Waals surface area (Å²) in [6, 6.07) is 16.7. The highest BCUT2D eigenvalue weighted by atomic mass is 32.1. The Morgan fingerprint density at radius 1 is 0.962 bits per heavy atom. The van der Waals surface area contributed by atoms with Gasteiger partial charge in [-0.3, -0.25) is 9.20 Å². The summed E-state index contributed by atoms with van der Waals surface area (Å²) in [7, 11) is 0. The molecule has 128 valence electrons. The molecule has 5 rings (SSSR count). The molecule has 1 aliphatic rings. The molecule has 0 saturated heterocycles. The van der Waals surface area contributed by atoms with Crippen LogP contribution >= 0.6 is 11.3 Å². The van der Waals surface area contributed by atoms with Crippen molar-refractivity contribution in [1.82, 2.24) is 9.38 Å². The number of carbonyl (C=O) groups is 1. The second-order valence-electron chi connectivity index (χ2n) is 6.76. The van der Waals surface area contributed by atoms with Gasteiger partial charge in [0.2, 0.25) is 0 Å². The topological polar surface area (TPSA) is 34.4 Å². The van der Waals surface area contributed by atoms with E-state index in [-0.39, 0.29) is 0 Å². The van der Waals surface area contributed by atoms with Crippen LogP contribution in [0.4, 0.5) is 0 Å². The quantitative estimate of drug-likeness (QED) is 0.458. The van der Waals surface area contributed by atoms with Gasteiger partial charge in [-0.05, 0) is 48.4 Å². The highest BCUT2D eigenvalue weighted by Gasteiger charge is 2.19. The average Bonchev–Trinajstić information content (AvgIpc) is 3.27. The lowest BCUT2D eigenvalue weighted by Gasteiger charge is -2.16. The van der Waals surface area contributed by atoms with Crippen molar-refractivity contribution >= 4 is 22.6 Å². The summed E-state index contributed by atoms with van der Waals surface area (Å²) in [4.78, 5) is 17.6. The molecule has 4 heteroatoms. The minimum absolute atomic E-state index is 0.635. The van der Waals surface area contributed by atoms with Gasteiger partial charge in [0.25, 0.3) is 0 Å². The normalized spacial score (nSPS) is 13.7. The van der Waals surface area contributed by atoms with Crippen molar-refractivity contribution in [3.63, 3.8) is 0 Å². The third kappa shape index (κ3) is 2.41. The number of thiazole rings is 1. The van der Waals surface area contributed by atoms with Crippen LogP contribution in [-0.2, 0) is 12.8 Å². The second-order valence-corrected chi connectivity index (χ2v) is 7.60. The molecule has 0 fully saturated rings. The first kappa shape index (κ1) is 15.5. The molecule has 0 unspecified atom stereocenters. The molecular formula is C22H18N2OS. The van der Waals surface area contributed by atoms with Crippen molar-refractivity contribution < 1.29 is 4.79 Å². The summed E-state index contributed by atoms with van der Waals surface area (Å²) in [5, 5.41) is 2.07. The lowest BCUT2D eigenvalue weighted by atomic mass is 9.90. The Bertz CT molecular complexity index is 1110. The molecule has 0 amide bonds. The van der Waals surface area contributed by atoms with Crippen LogP contribution in [0.2, 0.25) is 0 Å². The Morgan fingerprint density at radius 3 is 2.58 bits per heavy atom. The minimum Gasteiger partial charge on any atom is -0.296 e. The van der Waals surface area contributed by atoms with E-state index in [1.54, 1.807) is 11.3 Å². The number of aryl methyl sites for hydroxylation is 2. The SMILES string of the molecule is O=Cc1c(-c2ccc3c(c2)CCCC3)nc2scc(-c3ccccc3)n12. The van der Waals surface area contributed by atoms with E-state index in [0.717, 1.165) is 46.6 Å². The van der Waals surface area contributed by atoms with Crippen molar-refractivity contribution in [2.45, 2.75) is 25.7 Å². The van der Waals surface area contributed by atoms with E-state index < -0.39 is 0 Å². The van der Waals surface area contributed by atoms with Crippen molar-refractivity contribution in [3.05, 3.63) is 70.7 Å². The smallest absolute Gasteiger partial charge is 0.195 e. The van der Waals surface area contributed by atoms with Gasteiger partial charge in [0.15, 0.2) is 11.2 Å². The lowest BCUT2D eigenvalue weighted by Crippen LogP contribution is -2.02. The van der Waals surface area contributed by atoms with Crippen LogP contribution in [-0.4, -0.2) is 15.7 Å². The zero-order valence-electron chi connectivity index (χ0n) is 14.3. The van der Waals surface area contributed by atoms with Gasteiger partial charge in [0, 0.05) is 10.9 Å². The standard InChI is InChI=1S/C22H18N2OS/c25-13-19-21(18-11-10-15-6-4-5-9-17(15)12-18)23-22-24(19)20(14-26-22)16-7-2-1-3-8-16/h1-3,7-8,10-14H,4-6,9H2. The van der Waals surface area contributed by atoms with Gasteiger partial charge in [0.05, 0.1) is 5.69 Å². The van der Waals surface area contributed by atoms with Crippen LogP contribution in [0.1, 0.15) is 34.5 Å². The predicted octanol–water partition coefficient (Wildman–Crippen LogP) is 5.42. The molecule has 0 bridgehead atoms. The third-order valence-electron chi connectivity index (χ3n) is 5.20. The summed E-state index contributed by atoms with van der Waals surface area (Å²) in [6.07, 6.45) is 5.73. The van der Waals surface area contributed by atoms with Crippen molar-refractivity contribution in [2.24, 2.45) is 0 Å². The number of benzene rings is 2. The molecule has 2 aromatic heterocycles. The van der Waals surface area contributed by atoms with Crippen molar-refractivity contribution in [3.8, 4) is 22.5 Å². The summed E-state index contributed by atoms with van der Waals surface area (Å²) in [6.45, 7) is 0. The van der Waals surface area contributed by atoms with Crippen LogP contribution < -0.4 is 0 Å². The summed E-state index contributed by atoms with van der Waals surface area (Å²) in [5.41, 5.74) is 7.43. The highest BCUT2D eigenvalue weighted by molar-refractivity contribution is 7.15. The van der Waals surface area contributed by atoms with E-state index in [1.165, 1.54) is 24.0 Å². The Hall–Kier alpha value is -2.72. The van der Waals surface area contributed by atoms with Crippen molar-refractivity contribution in [2.75, 3.05) is 0 Å². The number of carbonyl (C=O) groups excluding carboxylic acids is 1. The Morgan fingerprint density at radius 2 is 1.77 bits per heavy atom. The maximum atomic E-state index is 12.0. The minimum atomic E-state index is 0.635. The molecule has 0 spiro atoms. The van der Waals surface area contributed by atoms with Crippen LogP contribution in [0, 0.1) is 0 Å². The number of imidazole rings is 1. The Kier molecular flexibility index (Phi) is 3.71. The molecule has 0 atom stereocenters. The van der Waals surface area contributed by atoms with Gasteiger partial charge in [-0.1, -0.05) is 42.5 Å². The molecule has 2 aromatic carbocycles. The average molecular weight is 358 g/mol. The number of rotatable bonds is 3. The second kappa shape index (κ2) is 6.22. The summed E-state index contributed by atoms with van der Waals surface area (Å²) in [5.74, 6) is 0. The van der Waals surface area contributed by atoms with E-state index in [1.807, 2.05) is 22.6 Å². The van der Waals surface area contributed by atoms with Crippen LogP contribution in [0.3, 0.4) is 0 Å². The molecule has 1 aliphatic carbocycles. The number of aldehydes is 1. The first-order chi connectivity index (χ1) is 12.8. The molecule has 0 aliphatic heterocycles. The first-order valence-corrected chi connectivity index (χ1v) is 9.86. The third-order valence-corrected chi connectivity index (χ3v) is 6.03. The largest absolute Gasteiger partial charge is 0.296 e. The van der Waals surface area contributed by atoms with Gasteiger partial charge in [-0.25, -0.2) is 4.98 Å². The molecule has 3 nitrogen and oxygen atoms in total. The van der Waals surface area contributed by atoms with E-state index in [0.29, 0.717) is 5.69 Å². The highest BCUT2D eigenvalue weighted by Crippen LogP contribution is 2.33. The molecule has 0 saturated carbocycles. The molecule has 2 heterocycles. The monoisotopic (exact) mass is 358 g/mol. The molecular weight excluding hydrogens is 340 g/mol. The van der Waals surface area contributed by atoms with Crippen molar-refractivity contribution in [1.29, 1.82) is 0 Å². The van der Waals surface area contributed by atoms with Crippen LogP contribution in [0.5, 0.6) is 0 Å². The van der Waals surface area contributed by atoms with Crippen LogP contribution in [0.25, 0.3) is 27.5 Å². The van der Waals surface area contributed by atoms with E-state index >= 15 is 0 Å². The fourth-order valence-corrected chi connectivity index (χ4v) is 4.80. The van der Waals surface area contributed by atoms with Crippen LogP contribution in [0.15, 0.2) is 53.9 Å². The molecule has 26 heavy (non-hydrogen) atoms. The summed E-state index contributed by atoms with van der Waals surface area (Å²) >= 11 is 1.58. The number of hydrogen-bond donors (Lipinski definition) is 0. The van der Waals surface area contributed by atoms with E-state index in [4.69, 9.17) is 4.98 Å². The molecule has 0 radical (unpaired) electrons. The first-order valence-electron chi connectivity index (χ1n) is 8.98. The predicted molar refractivity (Wildman–Crippen MR) is 106 cm³/mol. The van der Waals surface area contributed by atoms with Gasteiger partial charge >= 0.3 is 0 Å². The Labute approximate surface area is 156 Å². The fraction of sp³-hybridized carbons (Fsp3) is 0.182.